The second-order valence-electron chi connectivity index (χ2n) is 7.28. The number of hydrogen-bond acceptors (Lipinski definition) is 4. The first-order valence-electron chi connectivity index (χ1n) is 9.11. The van der Waals surface area contributed by atoms with Gasteiger partial charge in [-0.25, -0.2) is 4.98 Å². The topological polar surface area (TPSA) is 69.3 Å². The van der Waals surface area contributed by atoms with Crippen LogP contribution in [0.25, 0.3) is 10.9 Å². The molecule has 4 rings (SSSR count). The van der Waals surface area contributed by atoms with Crippen molar-refractivity contribution in [3.05, 3.63) is 34.6 Å². The van der Waals surface area contributed by atoms with E-state index in [0.29, 0.717) is 29.9 Å². The van der Waals surface area contributed by atoms with Crippen LogP contribution in [0, 0.1) is 0 Å². The highest BCUT2D eigenvalue weighted by molar-refractivity contribution is 5.78. The molecule has 2 aliphatic rings. The van der Waals surface area contributed by atoms with Crippen molar-refractivity contribution in [3.63, 3.8) is 0 Å². The Morgan fingerprint density at radius 2 is 1.92 bits per heavy atom. The molecule has 0 unspecified atom stereocenters. The van der Waals surface area contributed by atoms with E-state index >= 15 is 0 Å². The number of nitrogens with zero attached hydrogens (tertiary/aromatic N) is 3. The standard InChI is InChI=1S/C19H24N4O2/c1-14(24)23-12-11-22(13-19(23)9-5-2-6-10-19)18-20-16-8-4-3-7-15(16)17(25)21-18/h3-4,7-8H,2,5-6,9-13H2,1H3,(H,20,21,25). The summed E-state index contributed by atoms with van der Waals surface area (Å²) < 4.78 is 0. The van der Waals surface area contributed by atoms with Crippen molar-refractivity contribution in [1.29, 1.82) is 0 Å². The highest BCUT2D eigenvalue weighted by Gasteiger charge is 2.44. The van der Waals surface area contributed by atoms with Gasteiger partial charge in [-0.05, 0) is 25.0 Å². The van der Waals surface area contributed by atoms with Crippen molar-refractivity contribution >= 4 is 22.8 Å². The van der Waals surface area contributed by atoms with Crippen molar-refractivity contribution in [2.24, 2.45) is 0 Å². The maximum absolute atomic E-state index is 12.4. The fourth-order valence-electron chi connectivity index (χ4n) is 4.51. The molecule has 25 heavy (non-hydrogen) atoms. The van der Waals surface area contributed by atoms with E-state index in [2.05, 4.69) is 19.8 Å². The first-order chi connectivity index (χ1) is 12.1. The lowest BCUT2D eigenvalue weighted by molar-refractivity contribution is -0.137. The van der Waals surface area contributed by atoms with E-state index in [1.54, 1.807) is 13.0 Å². The zero-order valence-corrected chi connectivity index (χ0v) is 14.6. The number of aromatic nitrogens is 2. The minimum atomic E-state index is -0.119. The van der Waals surface area contributed by atoms with Crippen LogP contribution >= 0.6 is 0 Å². The lowest BCUT2D eigenvalue weighted by atomic mass is 9.78. The lowest BCUT2D eigenvalue weighted by Gasteiger charge is -2.52. The molecular weight excluding hydrogens is 316 g/mol. The Bertz CT molecular complexity index is 854. The van der Waals surface area contributed by atoms with Crippen LogP contribution in [0.15, 0.2) is 29.1 Å². The first-order valence-corrected chi connectivity index (χ1v) is 9.11. The largest absolute Gasteiger partial charge is 0.338 e. The fraction of sp³-hybridized carbons (Fsp3) is 0.526. The van der Waals surface area contributed by atoms with Crippen LogP contribution in [0.2, 0.25) is 0 Å². The normalized spacial score (nSPS) is 20.2. The number of aromatic amines is 1. The van der Waals surface area contributed by atoms with E-state index in [-0.39, 0.29) is 17.0 Å². The van der Waals surface area contributed by atoms with Gasteiger partial charge in [-0.1, -0.05) is 31.4 Å². The van der Waals surface area contributed by atoms with Gasteiger partial charge in [-0.15, -0.1) is 0 Å². The molecule has 6 nitrogen and oxygen atoms in total. The number of benzene rings is 1. The van der Waals surface area contributed by atoms with Gasteiger partial charge in [0.1, 0.15) is 0 Å². The van der Waals surface area contributed by atoms with Crippen LogP contribution in [0.5, 0.6) is 0 Å². The predicted molar refractivity (Wildman–Crippen MR) is 97.8 cm³/mol. The van der Waals surface area contributed by atoms with Crippen LogP contribution < -0.4 is 10.5 Å². The lowest BCUT2D eigenvalue weighted by Crippen LogP contribution is -2.64. The summed E-state index contributed by atoms with van der Waals surface area (Å²) >= 11 is 0. The number of rotatable bonds is 1. The van der Waals surface area contributed by atoms with Gasteiger partial charge in [0.05, 0.1) is 16.4 Å². The number of H-pyrrole nitrogens is 1. The Balaban J connectivity index is 1.70. The number of carbonyl (C=O) groups excluding carboxylic acids is 1. The number of nitrogens with one attached hydrogen (secondary N) is 1. The Labute approximate surface area is 146 Å². The number of hydrogen-bond donors (Lipinski definition) is 1. The minimum Gasteiger partial charge on any atom is -0.338 e. The smallest absolute Gasteiger partial charge is 0.260 e. The molecule has 6 heteroatoms. The van der Waals surface area contributed by atoms with Crippen LogP contribution in [0.1, 0.15) is 39.0 Å². The van der Waals surface area contributed by atoms with Gasteiger partial charge in [0.2, 0.25) is 11.9 Å². The molecule has 2 aromatic rings. The molecule has 0 radical (unpaired) electrons. The van der Waals surface area contributed by atoms with Crippen LogP contribution in [0.4, 0.5) is 5.95 Å². The molecule has 1 amide bonds. The van der Waals surface area contributed by atoms with Crippen molar-refractivity contribution in [1.82, 2.24) is 14.9 Å². The predicted octanol–water partition coefficient (Wildman–Crippen LogP) is 2.29. The Morgan fingerprint density at radius 3 is 2.68 bits per heavy atom. The van der Waals surface area contributed by atoms with Gasteiger partial charge in [0, 0.05) is 26.6 Å². The Kier molecular flexibility index (Phi) is 3.98. The number of carbonyl (C=O) groups is 1. The molecule has 2 fully saturated rings. The summed E-state index contributed by atoms with van der Waals surface area (Å²) in [6.07, 6.45) is 5.60. The highest BCUT2D eigenvalue weighted by atomic mass is 16.2. The molecular formula is C19H24N4O2. The van der Waals surface area contributed by atoms with E-state index in [4.69, 9.17) is 0 Å². The fourth-order valence-corrected chi connectivity index (χ4v) is 4.51. The maximum Gasteiger partial charge on any atom is 0.260 e. The van der Waals surface area contributed by atoms with Gasteiger partial charge in [0.15, 0.2) is 0 Å². The van der Waals surface area contributed by atoms with Gasteiger partial charge in [-0.3, -0.25) is 14.6 Å². The van der Waals surface area contributed by atoms with Crippen LogP contribution in [-0.2, 0) is 4.79 Å². The van der Waals surface area contributed by atoms with Gasteiger partial charge < -0.3 is 9.80 Å². The molecule has 1 aromatic heterocycles. The summed E-state index contributed by atoms with van der Waals surface area (Å²) in [5, 5.41) is 0.612. The molecule has 1 saturated carbocycles. The van der Waals surface area contributed by atoms with Crippen molar-refractivity contribution in [2.75, 3.05) is 24.5 Å². The third-order valence-electron chi connectivity index (χ3n) is 5.72. The second kappa shape index (κ2) is 6.17. The monoisotopic (exact) mass is 340 g/mol. The molecule has 1 spiro atoms. The zero-order valence-electron chi connectivity index (χ0n) is 14.6. The van der Waals surface area contributed by atoms with Crippen LogP contribution in [-0.4, -0.2) is 45.9 Å². The summed E-state index contributed by atoms with van der Waals surface area (Å²) in [6, 6.07) is 7.41. The SMILES string of the molecule is CC(=O)N1CCN(c2nc3ccccc3c(=O)[nH]2)CC12CCCCC2. The summed E-state index contributed by atoms with van der Waals surface area (Å²) in [5.74, 6) is 0.776. The van der Waals surface area contributed by atoms with E-state index in [1.807, 2.05) is 18.2 Å². The molecule has 0 bridgehead atoms. The van der Waals surface area contributed by atoms with Gasteiger partial charge in [0.25, 0.3) is 5.56 Å². The molecule has 1 aromatic carbocycles. The number of fused-ring (bicyclic) bond motifs is 1. The van der Waals surface area contributed by atoms with Gasteiger partial charge in [-0.2, -0.15) is 0 Å². The van der Waals surface area contributed by atoms with E-state index < -0.39 is 0 Å². The molecule has 2 heterocycles. The average molecular weight is 340 g/mol. The third-order valence-corrected chi connectivity index (χ3v) is 5.72. The molecule has 1 saturated heterocycles. The zero-order chi connectivity index (χ0) is 17.4. The van der Waals surface area contributed by atoms with Crippen LogP contribution in [0.3, 0.4) is 0 Å². The number of para-hydroxylation sites is 1. The van der Waals surface area contributed by atoms with Crippen molar-refractivity contribution in [2.45, 2.75) is 44.6 Å². The molecule has 1 aliphatic heterocycles. The molecule has 0 atom stereocenters. The van der Waals surface area contributed by atoms with E-state index in [0.717, 1.165) is 32.2 Å². The number of anilines is 1. The van der Waals surface area contributed by atoms with Crippen molar-refractivity contribution < 1.29 is 4.79 Å². The Hall–Kier alpha value is -2.37. The van der Waals surface area contributed by atoms with Gasteiger partial charge >= 0.3 is 0 Å². The van der Waals surface area contributed by atoms with E-state index in [1.165, 1.54) is 6.42 Å². The second-order valence-corrected chi connectivity index (χ2v) is 7.28. The average Bonchev–Trinajstić information content (AvgIpc) is 2.62. The summed E-state index contributed by atoms with van der Waals surface area (Å²) in [7, 11) is 0. The quantitative estimate of drug-likeness (QED) is 0.865. The summed E-state index contributed by atoms with van der Waals surface area (Å²) in [5.41, 5.74) is 0.493. The number of amides is 1. The molecule has 1 N–H and O–H groups in total. The maximum atomic E-state index is 12.4. The summed E-state index contributed by atoms with van der Waals surface area (Å²) in [6.45, 7) is 3.80. The Morgan fingerprint density at radius 1 is 1.16 bits per heavy atom. The molecule has 132 valence electrons. The third kappa shape index (κ3) is 2.79. The minimum absolute atomic E-state index is 0.104. The number of piperazine rings is 1. The molecule has 1 aliphatic carbocycles. The highest BCUT2D eigenvalue weighted by Crippen LogP contribution is 2.37. The van der Waals surface area contributed by atoms with E-state index in [9.17, 15) is 9.59 Å². The van der Waals surface area contributed by atoms with Crippen molar-refractivity contribution in [3.8, 4) is 0 Å². The summed E-state index contributed by atoms with van der Waals surface area (Å²) in [4.78, 5) is 36.4. The first kappa shape index (κ1) is 16.1.